The number of imide groups is 1. The summed E-state index contributed by atoms with van der Waals surface area (Å²) in [6.07, 6.45) is -1.15. The van der Waals surface area contributed by atoms with E-state index in [0.29, 0.717) is 5.75 Å². The zero-order valence-electron chi connectivity index (χ0n) is 14.5. The fourth-order valence-corrected chi connectivity index (χ4v) is 2.90. The Kier molecular flexibility index (Phi) is 5.09. The van der Waals surface area contributed by atoms with Crippen LogP contribution in [0.1, 0.15) is 12.5 Å². The number of carbonyl (C=O) groups excluding carboxylic acids is 2. The molecule has 1 aliphatic rings. The third kappa shape index (κ3) is 3.75. The molecule has 1 fully saturated rings. The average Bonchev–Trinajstić information content (AvgIpc) is 2.87. The van der Waals surface area contributed by atoms with Crippen LogP contribution in [0, 0.1) is 11.6 Å². The highest BCUT2D eigenvalue weighted by Crippen LogP contribution is 2.31. The van der Waals surface area contributed by atoms with Crippen LogP contribution in [0.15, 0.2) is 48.5 Å². The van der Waals surface area contributed by atoms with Crippen LogP contribution in [0.3, 0.4) is 0 Å². The minimum Gasteiger partial charge on any atom is -0.491 e. The number of hydrogen-bond acceptors (Lipinski definition) is 4. The lowest BCUT2D eigenvalue weighted by Gasteiger charge is -2.23. The first kappa shape index (κ1) is 18.8. The van der Waals surface area contributed by atoms with E-state index in [0.717, 1.165) is 23.1 Å². The molecule has 2 aromatic carbocycles. The van der Waals surface area contributed by atoms with E-state index in [4.69, 9.17) is 4.74 Å². The van der Waals surface area contributed by atoms with E-state index < -0.39 is 35.2 Å². The standard InChI is InChI=1S/C19H18F2N2O4/c1-19(15-9-12(20)7-8-16(15)21)17(25)23(18(26)22-19)10-13(24)11-27-14-5-3-2-4-6-14/h2-9,13,24H,10-11H2,1H3,(H,22,26)/t13-,19+/m0/s1. The summed E-state index contributed by atoms with van der Waals surface area (Å²) in [4.78, 5) is 25.7. The number of benzene rings is 2. The summed E-state index contributed by atoms with van der Waals surface area (Å²) in [6, 6.07) is 10.6. The molecule has 2 aromatic rings. The number of aliphatic hydroxyl groups is 1. The minimum absolute atomic E-state index is 0.147. The Balaban J connectivity index is 1.71. The topological polar surface area (TPSA) is 78.9 Å². The zero-order chi connectivity index (χ0) is 19.6. The molecule has 1 saturated heterocycles. The highest BCUT2D eigenvalue weighted by atomic mass is 19.1. The number of rotatable bonds is 6. The summed E-state index contributed by atoms with van der Waals surface area (Å²) in [5.74, 6) is -1.80. The van der Waals surface area contributed by atoms with Crippen molar-refractivity contribution in [3.63, 3.8) is 0 Å². The smallest absolute Gasteiger partial charge is 0.325 e. The number of ether oxygens (including phenoxy) is 1. The third-order valence-corrected chi connectivity index (χ3v) is 4.32. The first-order valence-corrected chi connectivity index (χ1v) is 8.27. The van der Waals surface area contributed by atoms with Crippen LogP contribution in [-0.4, -0.2) is 41.2 Å². The van der Waals surface area contributed by atoms with E-state index in [1.807, 2.05) is 6.07 Å². The van der Waals surface area contributed by atoms with Crippen molar-refractivity contribution in [2.75, 3.05) is 13.2 Å². The summed E-state index contributed by atoms with van der Waals surface area (Å²) >= 11 is 0. The number of carbonyl (C=O) groups is 2. The Morgan fingerprint density at radius 3 is 2.59 bits per heavy atom. The van der Waals surface area contributed by atoms with Gasteiger partial charge in [0, 0.05) is 5.56 Å². The molecule has 0 aromatic heterocycles. The summed E-state index contributed by atoms with van der Waals surface area (Å²) in [5.41, 5.74) is -2.04. The van der Waals surface area contributed by atoms with E-state index in [-0.39, 0.29) is 18.7 Å². The monoisotopic (exact) mass is 376 g/mol. The SMILES string of the molecule is C[C@]1(c2cc(F)ccc2F)NC(=O)N(C[C@H](O)COc2ccccc2)C1=O. The second-order valence-corrected chi connectivity index (χ2v) is 6.37. The Morgan fingerprint density at radius 1 is 1.19 bits per heavy atom. The van der Waals surface area contributed by atoms with Gasteiger partial charge in [-0.1, -0.05) is 18.2 Å². The van der Waals surface area contributed by atoms with Crippen LogP contribution in [-0.2, 0) is 10.3 Å². The molecule has 6 nitrogen and oxygen atoms in total. The van der Waals surface area contributed by atoms with E-state index in [1.165, 1.54) is 6.92 Å². The quantitative estimate of drug-likeness (QED) is 0.758. The van der Waals surface area contributed by atoms with Crippen LogP contribution in [0.25, 0.3) is 0 Å². The Bertz CT molecular complexity index is 862. The number of hydrogen-bond donors (Lipinski definition) is 2. The maximum Gasteiger partial charge on any atom is 0.325 e. The third-order valence-electron chi connectivity index (χ3n) is 4.32. The normalized spacial score (nSPS) is 20.5. The van der Waals surface area contributed by atoms with Crippen molar-refractivity contribution in [3.05, 3.63) is 65.7 Å². The highest BCUT2D eigenvalue weighted by molar-refractivity contribution is 6.07. The van der Waals surface area contributed by atoms with Gasteiger partial charge < -0.3 is 15.2 Å². The molecule has 0 saturated carbocycles. The number of para-hydroxylation sites is 1. The number of amides is 3. The predicted molar refractivity (Wildman–Crippen MR) is 91.9 cm³/mol. The van der Waals surface area contributed by atoms with Gasteiger partial charge in [-0.3, -0.25) is 9.69 Å². The Hall–Kier alpha value is -3.00. The molecule has 142 valence electrons. The second kappa shape index (κ2) is 7.32. The van der Waals surface area contributed by atoms with Gasteiger partial charge in [0.2, 0.25) is 0 Å². The largest absolute Gasteiger partial charge is 0.491 e. The van der Waals surface area contributed by atoms with Crippen LogP contribution < -0.4 is 10.1 Å². The Morgan fingerprint density at radius 2 is 1.89 bits per heavy atom. The molecule has 3 rings (SSSR count). The molecule has 8 heteroatoms. The fourth-order valence-electron chi connectivity index (χ4n) is 2.90. The number of halogens is 2. The molecule has 2 atom stereocenters. The molecule has 3 amide bonds. The highest BCUT2D eigenvalue weighted by Gasteiger charge is 2.50. The fraction of sp³-hybridized carbons (Fsp3) is 0.263. The number of nitrogens with zero attached hydrogens (tertiary/aromatic N) is 1. The first-order chi connectivity index (χ1) is 12.8. The number of nitrogens with one attached hydrogen (secondary N) is 1. The van der Waals surface area contributed by atoms with E-state index in [9.17, 15) is 23.5 Å². The van der Waals surface area contributed by atoms with Crippen molar-refractivity contribution in [1.82, 2.24) is 10.2 Å². The molecule has 2 N–H and O–H groups in total. The molecule has 27 heavy (non-hydrogen) atoms. The van der Waals surface area contributed by atoms with Crippen molar-refractivity contribution < 1.29 is 28.2 Å². The van der Waals surface area contributed by atoms with Crippen molar-refractivity contribution >= 4 is 11.9 Å². The van der Waals surface area contributed by atoms with Gasteiger partial charge in [-0.25, -0.2) is 13.6 Å². The van der Waals surface area contributed by atoms with E-state index in [2.05, 4.69) is 5.32 Å². The van der Waals surface area contributed by atoms with E-state index in [1.54, 1.807) is 24.3 Å². The molecule has 0 radical (unpaired) electrons. The summed E-state index contributed by atoms with van der Waals surface area (Å²) in [6.45, 7) is 0.800. The molecule has 1 aliphatic heterocycles. The van der Waals surface area contributed by atoms with Crippen LogP contribution in [0.4, 0.5) is 13.6 Å². The molecule has 0 unspecified atom stereocenters. The van der Waals surface area contributed by atoms with Gasteiger partial charge in [0.15, 0.2) is 0 Å². The maximum absolute atomic E-state index is 14.1. The number of β-amino-alcohol motifs (C(OH)–C–C–N with tert-alkyl or cyclic N) is 1. The summed E-state index contributed by atoms with van der Waals surface area (Å²) in [7, 11) is 0. The van der Waals surface area contributed by atoms with Crippen molar-refractivity contribution in [2.24, 2.45) is 0 Å². The lowest BCUT2D eigenvalue weighted by Crippen LogP contribution is -2.43. The van der Waals surface area contributed by atoms with Gasteiger partial charge in [0.25, 0.3) is 5.91 Å². The second-order valence-electron chi connectivity index (χ2n) is 6.37. The van der Waals surface area contributed by atoms with Crippen molar-refractivity contribution in [3.8, 4) is 5.75 Å². The minimum atomic E-state index is -1.76. The van der Waals surface area contributed by atoms with Gasteiger partial charge in [0.05, 0.1) is 6.54 Å². The Labute approximate surface area is 154 Å². The molecule has 0 aliphatic carbocycles. The van der Waals surface area contributed by atoms with Crippen LogP contribution >= 0.6 is 0 Å². The number of aliphatic hydroxyl groups excluding tert-OH is 1. The predicted octanol–water partition coefficient (Wildman–Crippen LogP) is 2.17. The molecule has 1 heterocycles. The zero-order valence-corrected chi connectivity index (χ0v) is 14.5. The lowest BCUT2D eigenvalue weighted by atomic mass is 9.91. The van der Waals surface area contributed by atoms with Gasteiger partial charge in [-0.05, 0) is 37.3 Å². The van der Waals surface area contributed by atoms with E-state index >= 15 is 0 Å². The maximum atomic E-state index is 14.1. The van der Waals surface area contributed by atoms with Gasteiger partial charge in [-0.15, -0.1) is 0 Å². The number of urea groups is 1. The molecule has 0 spiro atoms. The van der Waals surface area contributed by atoms with Crippen LogP contribution in [0.2, 0.25) is 0 Å². The average molecular weight is 376 g/mol. The van der Waals surface area contributed by atoms with Gasteiger partial charge in [0.1, 0.15) is 35.6 Å². The van der Waals surface area contributed by atoms with Crippen molar-refractivity contribution in [2.45, 2.75) is 18.6 Å². The van der Waals surface area contributed by atoms with Crippen LogP contribution in [0.5, 0.6) is 5.75 Å². The summed E-state index contributed by atoms with van der Waals surface area (Å²) < 4.78 is 33.0. The van der Waals surface area contributed by atoms with Gasteiger partial charge >= 0.3 is 6.03 Å². The molecular formula is C19H18F2N2O4. The van der Waals surface area contributed by atoms with Crippen molar-refractivity contribution in [1.29, 1.82) is 0 Å². The lowest BCUT2D eigenvalue weighted by molar-refractivity contribution is -0.132. The van der Waals surface area contributed by atoms with Gasteiger partial charge in [-0.2, -0.15) is 0 Å². The molecular weight excluding hydrogens is 358 g/mol. The first-order valence-electron chi connectivity index (χ1n) is 8.27. The molecule has 0 bridgehead atoms. The summed E-state index contributed by atoms with van der Waals surface area (Å²) in [5, 5.41) is 12.5.